The van der Waals surface area contributed by atoms with Crippen molar-refractivity contribution in [1.82, 2.24) is 0 Å². The first-order valence-corrected chi connectivity index (χ1v) is 34.3. The predicted molar refractivity (Wildman–Crippen MR) is 224 cm³/mol. The summed E-state index contributed by atoms with van der Waals surface area (Å²) in [6.45, 7) is -7.46. The highest BCUT2D eigenvalue weighted by atomic mass is 32.3. The number of rotatable bonds is 34. The van der Waals surface area contributed by atoms with Crippen molar-refractivity contribution in [2.75, 3.05) is 19.8 Å². The van der Waals surface area contributed by atoms with Gasteiger partial charge in [0, 0.05) is 0 Å². The molecule has 484 valence electrons. The Hall–Kier alpha value is -1.72. The molecule has 12 N–H and O–H groups in total. The molecule has 0 saturated carbocycles. The lowest BCUT2D eigenvalue weighted by atomic mass is 9.99. The summed E-state index contributed by atoms with van der Waals surface area (Å²) in [6.07, 6.45) is -53.5. The second-order valence-corrected chi connectivity index (χ2v) is 26.5. The number of hydrogen-bond acceptors (Lipinski definition) is 40. The normalized spacial score (nSPS) is 27.3. The molecule has 2 saturated heterocycles. The van der Waals surface area contributed by atoms with Crippen LogP contribution in [0.1, 0.15) is 0 Å². The lowest BCUT2D eigenvalue weighted by molar-refractivity contribution is -0.343. The third-order valence-electron chi connectivity index (χ3n) is 7.91. The van der Waals surface area contributed by atoms with Gasteiger partial charge in [0.15, 0.2) is 30.9 Å². The summed E-state index contributed by atoms with van der Waals surface area (Å²) >= 11 is 0. The zero-order valence-electron chi connectivity index (χ0n) is 36.8. The van der Waals surface area contributed by atoms with Crippen LogP contribution in [0.2, 0.25) is 0 Å². The zero-order valence-corrected chi connectivity index (χ0v) is 46.6. The Morgan fingerprint density at radius 2 is 0.617 bits per heavy atom. The van der Waals surface area contributed by atoms with Crippen LogP contribution < -0.4 is 0 Å². The van der Waals surface area contributed by atoms with Crippen LogP contribution in [0, 0.1) is 0 Å². The van der Waals surface area contributed by atoms with E-state index in [4.69, 9.17) is 18.8 Å². The van der Waals surface area contributed by atoms with E-state index >= 15 is 0 Å². The molecule has 81 heavy (non-hydrogen) atoms. The van der Waals surface area contributed by atoms with Crippen molar-refractivity contribution in [3.8, 4) is 0 Å². The quantitative estimate of drug-likeness (QED) is 0.0266. The van der Waals surface area contributed by atoms with Crippen molar-refractivity contribution in [3.05, 3.63) is 0 Å². The van der Waals surface area contributed by atoms with E-state index in [1.165, 1.54) is 0 Å². The molecule has 0 amide bonds. The van der Waals surface area contributed by atoms with E-state index in [0.29, 0.717) is 0 Å². The lowest BCUT2D eigenvalue weighted by Gasteiger charge is -2.45. The molecule has 0 aliphatic carbocycles. The van der Waals surface area contributed by atoms with Gasteiger partial charge in [0.05, 0.1) is 19.8 Å². The van der Waals surface area contributed by atoms with Gasteiger partial charge in [0.25, 0.3) is 0 Å². The molecule has 0 aromatic heterocycles. The Labute approximate surface area is 452 Å². The van der Waals surface area contributed by atoms with Crippen LogP contribution in [0.3, 0.4) is 0 Å². The van der Waals surface area contributed by atoms with Crippen LogP contribution in [0.15, 0.2) is 0 Å². The van der Waals surface area contributed by atoms with E-state index in [1.54, 1.807) is 0 Å². The maximum absolute atomic E-state index is 12.5. The summed E-state index contributed by atoms with van der Waals surface area (Å²) in [5, 5.41) is 0. The fourth-order valence-corrected chi connectivity index (χ4v) is 11.3. The smallest absolute Gasteiger partial charge is 0.347 e. The van der Waals surface area contributed by atoms with Gasteiger partial charge in [-0.3, -0.25) is 54.6 Å². The molecule has 0 unspecified atom stereocenters. The van der Waals surface area contributed by atoms with Gasteiger partial charge in [-0.1, -0.05) is 0 Å². The summed E-state index contributed by atoms with van der Waals surface area (Å²) in [5.74, 6) is 0. The van der Waals surface area contributed by atoms with Crippen LogP contribution in [0.5, 0.6) is 0 Å². The van der Waals surface area contributed by atoms with Crippen LogP contribution in [-0.2, 0) is 194 Å². The van der Waals surface area contributed by atoms with Gasteiger partial charge in [-0.25, -0.2) is 50.2 Å². The second-order valence-electron chi connectivity index (χ2n) is 13.8. The van der Waals surface area contributed by atoms with Crippen molar-refractivity contribution < 1.29 is 225 Å². The largest absolute Gasteiger partial charge is 0.399 e. The summed E-state index contributed by atoms with van der Waals surface area (Å²) < 4.78 is 469. The van der Waals surface area contributed by atoms with Crippen molar-refractivity contribution in [2.45, 2.75) is 86.0 Å². The first-order valence-electron chi connectivity index (χ1n) is 18.0. The van der Waals surface area contributed by atoms with Gasteiger partial charge in [0.1, 0.15) is 48.8 Å². The monoisotopic (exact) mass is 1450 g/mol. The molecule has 14 atom stereocenters. The summed E-state index contributed by atoms with van der Waals surface area (Å²) in [4.78, 5) is 0. The molecule has 64 heteroatoms. The molecule has 2 aliphatic heterocycles. The Morgan fingerprint density at radius 3 is 0.975 bits per heavy atom. The molecular weight excluding hydrogens is 1420 g/mol. The summed E-state index contributed by atoms with van der Waals surface area (Å²) in [5.41, 5.74) is 0. The lowest BCUT2D eigenvalue weighted by Crippen LogP contribution is -2.65. The first-order chi connectivity index (χ1) is 35.6. The van der Waals surface area contributed by atoms with Crippen molar-refractivity contribution in [1.29, 1.82) is 0 Å². The molecule has 0 bridgehead atoms. The molecule has 0 aromatic carbocycles. The topological polar surface area (TPSA) is 800 Å². The first kappa shape index (κ1) is 75.4. The summed E-state index contributed by atoms with van der Waals surface area (Å²) in [6, 6.07) is 0. The van der Waals surface area contributed by atoms with E-state index < -0.39 is 231 Å². The highest BCUT2D eigenvalue weighted by molar-refractivity contribution is 7.83. The van der Waals surface area contributed by atoms with Crippen LogP contribution in [0.4, 0.5) is 0 Å². The number of hydrogen-bond donors (Lipinski definition) is 12. The second kappa shape index (κ2) is 27.1. The van der Waals surface area contributed by atoms with Crippen molar-refractivity contribution in [3.63, 3.8) is 0 Å². The van der Waals surface area contributed by atoms with Crippen LogP contribution in [-0.4, -0.2) is 261 Å². The Kier molecular flexibility index (Phi) is 25.2. The molecular formula is C17H32O52S12. The van der Waals surface area contributed by atoms with E-state index in [1.807, 2.05) is 0 Å². The molecule has 2 fully saturated rings. The molecule has 2 aliphatic rings. The van der Waals surface area contributed by atoms with Gasteiger partial charge in [-0.05, 0) is 0 Å². The Balaban J connectivity index is 3.42. The molecule has 0 aromatic rings. The van der Waals surface area contributed by atoms with Gasteiger partial charge >= 0.3 is 125 Å². The zero-order chi connectivity index (χ0) is 63.5. The van der Waals surface area contributed by atoms with E-state index in [-0.39, 0.29) is 0 Å². The molecule has 2 heterocycles. The third-order valence-corrected chi connectivity index (χ3v) is 13.5. The fourth-order valence-electron chi connectivity index (χ4n) is 5.88. The molecule has 52 nitrogen and oxygen atoms in total. The minimum atomic E-state index is -6.83. The number of ether oxygens (including phenoxy) is 4. The molecule has 2 rings (SSSR count). The van der Waals surface area contributed by atoms with Gasteiger partial charge in [-0.15, -0.1) is 0 Å². The summed E-state index contributed by atoms with van der Waals surface area (Å²) in [7, 11) is -77.8. The van der Waals surface area contributed by atoms with Crippen LogP contribution in [0.25, 0.3) is 0 Å². The van der Waals surface area contributed by atoms with E-state index in [9.17, 15) is 151 Å². The van der Waals surface area contributed by atoms with Crippen molar-refractivity contribution >= 4 is 125 Å². The van der Waals surface area contributed by atoms with Gasteiger partial charge in [-0.2, -0.15) is 101 Å². The van der Waals surface area contributed by atoms with Crippen LogP contribution >= 0.6 is 0 Å². The molecule has 0 spiro atoms. The maximum Gasteiger partial charge on any atom is 0.399 e. The standard InChI is InChI=1S/C17H32O52S12/c18-70(19,20)55-2-4-8(62-74(30,31)32)10(64-76(36,37)38)12(66-78(42,43)44)15(57-4)54-1-5(60-72(24,25)26)7(9(63-75(33,34)35)6(61-73(27,28)29)3-56-71(21,22)23)58-16-13(67-79(45,46)47)11(65-77(39,40)41)14(68-80(48,49)50)17(59-16)69-81(51,52)53/h4-17H,1-3H2,(H,18,19,20)(H,21,22,23)(H,24,25,26)(H,27,28,29)(H,30,31,32)(H,33,34,35)(H,36,37,38)(H,39,40,41)(H,42,43,44)(H,45,46,47)(H,48,49,50)(H,51,52,53)/t4-,5+,6-,7-,8-,9-,10+,11-,12-,13-,14+,15-,16-,17-/m1/s1. The van der Waals surface area contributed by atoms with Gasteiger partial charge < -0.3 is 18.9 Å². The van der Waals surface area contributed by atoms with E-state index in [0.717, 1.165) is 0 Å². The average molecular weight is 1450 g/mol. The highest BCUT2D eigenvalue weighted by Gasteiger charge is 2.59. The molecule has 0 radical (unpaired) electrons. The highest BCUT2D eigenvalue weighted by Crippen LogP contribution is 2.37. The average Bonchev–Trinajstić information content (AvgIpc) is 3.15. The maximum atomic E-state index is 12.5. The minimum absolute atomic E-state index is 2.15. The Bertz CT molecular complexity index is 3610. The van der Waals surface area contributed by atoms with Crippen molar-refractivity contribution in [2.24, 2.45) is 0 Å². The third kappa shape index (κ3) is 31.0. The van der Waals surface area contributed by atoms with E-state index in [2.05, 4.69) is 54.9 Å². The SMILES string of the molecule is O=S(=O)(O)OC[C@H]1O[C@@H](OC[C@H](OS(=O)(=O)O)[C@@H](O[C@@H]2O[C@H](OS(=O)(=O)O)[C@@H](OS(=O)(=O)O)[C@H](OS(=O)(=O)O)[C@H]2OS(=O)(=O)O)[C@H](OS(=O)(=O)O)[C@@H](COS(=O)(=O)O)OS(=O)(=O)O)[C@H](OS(=O)(=O)O)[C@@H](OS(=O)(=O)O)[C@@H]1OS(=O)(=O)O. The minimum Gasteiger partial charge on any atom is -0.347 e. The Morgan fingerprint density at radius 1 is 0.296 bits per heavy atom. The van der Waals surface area contributed by atoms with Gasteiger partial charge in [0.2, 0.25) is 6.29 Å². The fraction of sp³-hybridized carbons (Fsp3) is 1.00. The predicted octanol–water partition coefficient (Wildman–Crippen LogP) is -10.1.